The summed E-state index contributed by atoms with van der Waals surface area (Å²) in [6.07, 6.45) is 4.96. The molecule has 4 atom stereocenters. The van der Waals surface area contributed by atoms with Gasteiger partial charge in [0, 0.05) is 5.41 Å². The zero-order valence-electron chi connectivity index (χ0n) is 10.8. The highest BCUT2D eigenvalue weighted by molar-refractivity contribution is 5.29. The molecule has 1 spiro atoms. The first kappa shape index (κ1) is 11.7. The molecule has 0 aromatic rings. The van der Waals surface area contributed by atoms with Crippen molar-refractivity contribution in [2.45, 2.75) is 63.6 Å². The Morgan fingerprint density at radius 3 is 2.41 bits per heavy atom. The van der Waals surface area contributed by atoms with Crippen LogP contribution in [0.15, 0.2) is 12.2 Å². The number of fused-ring (bicyclic) bond motifs is 1. The highest BCUT2D eigenvalue weighted by Crippen LogP contribution is 2.60. The summed E-state index contributed by atoms with van der Waals surface area (Å²) in [7, 11) is 0. The van der Waals surface area contributed by atoms with E-state index in [1.165, 1.54) is 0 Å². The fourth-order valence-electron chi connectivity index (χ4n) is 3.55. The first-order valence-corrected chi connectivity index (χ1v) is 6.20. The van der Waals surface area contributed by atoms with Crippen LogP contribution in [-0.4, -0.2) is 28.2 Å². The zero-order valence-corrected chi connectivity index (χ0v) is 10.8. The molecule has 1 saturated carbocycles. The molecular formula is C13H20O4. The molecule has 0 aromatic heterocycles. The van der Waals surface area contributed by atoms with Crippen LogP contribution in [0.2, 0.25) is 0 Å². The van der Waals surface area contributed by atoms with E-state index in [4.69, 9.17) is 14.5 Å². The van der Waals surface area contributed by atoms with Gasteiger partial charge in [0.1, 0.15) is 5.60 Å². The summed E-state index contributed by atoms with van der Waals surface area (Å²) in [4.78, 5) is 11.0. The first-order chi connectivity index (χ1) is 7.75. The van der Waals surface area contributed by atoms with Crippen molar-refractivity contribution in [2.24, 2.45) is 5.41 Å². The minimum absolute atomic E-state index is 0.140. The van der Waals surface area contributed by atoms with Gasteiger partial charge in [0.25, 0.3) is 0 Å². The molecular weight excluding hydrogens is 220 g/mol. The lowest BCUT2D eigenvalue weighted by Crippen LogP contribution is -2.77. The molecule has 2 bridgehead atoms. The second-order valence-electron chi connectivity index (χ2n) is 6.40. The van der Waals surface area contributed by atoms with Gasteiger partial charge in [-0.25, -0.2) is 4.89 Å². The van der Waals surface area contributed by atoms with Crippen LogP contribution in [0.1, 0.15) is 40.5 Å². The van der Waals surface area contributed by atoms with Gasteiger partial charge in [0.15, 0.2) is 5.60 Å². The Balaban J connectivity index is 2.18. The Bertz CT molecular complexity index is 391. The Morgan fingerprint density at radius 1 is 1.12 bits per heavy atom. The molecule has 0 amide bonds. The van der Waals surface area contributed by atoms with Crippen LogP contribution in [-0.2, 0) is 14.5 Å². The first-order valence-electron chi connectivity index (χ1n) is 6.20. The third-order valence-corrected chi connectivity index (χ3v) is 4.80. The van der Waals surface area contributed by atoms with E-state index in [2.05, 4.69) is 13.8 Å². The van der Waals surface area contributed by atoms with E-state index >= 15 is 0 Å². The van der Waals surface area contributed by atoms with Crippen LogP contribution in [0.3, 0.4) is 0 Å². The summed E-state index contributed by atoms with van der Waals surface area (Å²) >= 11 is 0. The van der Waals surface area contributed by atoms with Gasteiger partial charge in [-0.05, 0) is 38.8 Å². The summed E-state index contributed by atoms with van der Waals surface area (Å²) < 4.78 is 6.02. The monoisotopic (exact) mass is 240 g/mol. The molecule has 1 aliphatic carbocycles. The molecule has 4 heteroatoms. The van der Waals surface area contributed by atoms with E-state index in [1.807, 2.05) is 19.1 Å². The number of hydrogen-bond acceptors (Lipinski definition) is 4. The van der Waals surface area contributed by atoms with Crippen molar-refractivity contribution in [3.63, 3.8) is 0 Å². The number of rotatable bonds is 0. The molecule has 0 aromatic carbocycles. The summed E-state index contributed by atoms with van der Waals surface area (Å²) in [6, 6.07) is 0. The quantitative estimate of drug-likeness (QED) is 0.519. The number of aliphatic hydroxyl groups excluding tert-OH is 1. The topological polar surface area (TPSA) is 47.9 Å². The fraction of sp³-hybridized carbons (Fsp3) is 0.846. The third-order valence-electron chi connectivity index (χ3n) is 4.80. The Hall–Kier alpha value is -0.420. The van der Waals surface area contributed by atoms with E-state index in [0.29, 0.717) is 0 Å². The second-order valence-corrected chi connectivity index (χ2v) is 6.40. The molecule has 4 rings (SSSR count). The molecule has 0 radical (unpaired) electrons. The summed E-state index contributed by atoms with van der Waals surface area (Å²) in [5.74, 6) is -0.884. The summed E-state index contributed by atoms with van der Waals surface area (Å²) in [5, 5.41) is 10.3. The largest absolute Gasteiger partial charge is 0.390 e. The van der Waals surface area contributed by atoms with Crippen molar-refractivity contribution in [2.75, 3.05) is 0 Å². The molecule has 17 heavy (non-hydrogen) atoms. The van der Waals surface area contributed by atoms with Gasteiger partial charge < -0.3 is 9.84 Å². The molecule has 2 fully saturated rings. The number of aliphatic hydroxyl groups is 1. The lowest BCUT2D eigenvalue weighted by molar-refractivity contribution is -0.555. The molecule has 1 saturated heterocycles. The Kier molecular flexibility index (Phi) is 2.01. The van der Waals surface area contributed by atoms with Crippen molar-refractivity contribution < 1.29 is 19.6 Å². The van der Waals surface area contributed by atoms with Gasteiger partial charge in [-0.15, -0.1) is 0 Å². The predicted molar refractivity (Wildman–Crippen MR) is 61.0 cm³/mol. The third kappa shape index (κ3) is 1.17. The van der Waals surface area contributed by atoms with Crippen molar-refractivity contribution in [1.29, 1.82) is 0 Å². The SMILES string of the molecule is CC1(C)CCC(O)[C@]2(C)O[C@@]3(C)C=C[C@@]12OO3. The molecule has 4 aliphatic rings. The molecule has 3 heterocycles. The van der Waals surface area contributed by atoms with Gasteiger partial charge in [0.05, 0.1) is 6.10 Å². The Labute approximate surface area is 101 Å². The smallest absolute Gasteiger partial charge is 0.218 e. The average Bonchev–Trinajstić information content (AvgIpc) is 2.24. The standard InChI is InChI=1S/C13H20O4/c1-10(2)6-5-9(14)12(4)13(10)8-7-11(3,15-12)16-17-13/h7-9,14H,5-6H2,1-4H3/t9?,11-,12+,13-/m1/s1. The minimum Gasteiger partial charge on any atom is -0.390 e. The van der Waals surface area contributed by atoms with Crippen LogP contribution in [0.5, 0.6) is 0 Å². The van der Waals surface area contributed by atoms with Crippen LogP contribution in [0.4, 0.5) is 0 Å². The number of ether oxygens (including phenoxy) is 1. The minimum atomic E-state index is -0.884. The van der Waals surface area contributed by atoms with Crippen LogP contribution in [0.25, 0.3) is 0 Å². The van der Waals surface area contributed by atoms with Crippen molar-refractivity contribution in [3.05, 3.63) is 12.2 Å². The van der Waals surface area contributed by atoms with E-state index in [9.17, 15) is 5.11 Å². The molecule has 1 N–H and O–H groups in total. The number of hydrogen-bond donors (Lipinski definition) is 1. The van der Waals surface area contributed by atoms with Crippen LogP contribution >= 0.6 is 0 Å². The van der Waals surface area contributed by atoms with Crippen molar-refractivity contribution >= 4 is 0 Å². The normalized spacial score (nSPS) is 55.7. The maximum absolute atomic E-state index is 10.3. The molecule has 3 aliphatic heterocycles. The summed E-state index contributed by atoms with van der Waals surface area (Å²) in [5.41, 5.74) is -1.61. The van der Waals surface area contributed by atoms with E-state index < -0.39 is 23.1 Å². The maximum Gasteiger partial charge on any atom is 0.218 e. The lowest BCUT2D eigenvalue weighted by Gasteiger charge is -2.65. The molecule has 1 unspecified atom stereocenters. The van der Waals surface area contributed by atoms with Gasteiger partial charge in [0.2, 0.25) is 5.79 Å². The van der Waals surface area contributed by atoms with Crippen molar-refractivity contribution in [3.8, 4) is 0 Å². The average molecular weight is 240 g/mol. The van der Waals surface area contributed by atoms with Gasteiger partial charge in [-0.2, -0.15) is 4.89 Å². The molecule has 96 valence electrons. The van der Waals surface area contributed by atoms with Gasteiger partial charge in [-0.1, -0.05) is 13.8 Å². The highest BCUT2D eigenvalue weighted by Gasteiger charge is 2.71. The van der Waals surface area contributed by atoms with Crippen LogP contribution in [0, 0.1) is 5.41 Å². The lowest BCUT2D eigenvalue weighted by atomic mass is 9.56. The van der Waals surface area contributed by atoms with E-state index in [1.54, 1.807) is 6.92 Å². The van der Waals surface area contributed by atoms with Crippen LogP contribution < -0.4 is 0 Å². The van der Waals surface area contributed by atoms with Gasteiger partial charge in [-0.3, -0.25) is 0 Å². The predicted octanol–water partition coefficient (Wildman–Crippen LogP) is 1.93. The zero-order chi connectivity index (χ0) is 12.5. The Morgan fingerprint density at radius 2 is 1.82 bits per heavy atom. The highest BCUT2D eigenvalue weighted by atomic mass is 17.3. The van der Waals surface area contributed by atoms with Gasteiger partial charge >= 0.3 is 0 Å². The van der Waals surface area contributed by atoms with Crippen molar-refractivity contribution in [1.82, 2.24) is 0 Å². The van der Waals surface area contributed by atoms with E-state index in [-0.39, 0.29) is 5.41 Å². The van der Waals surface area contributed by atoms with E-state index in [0.717, 1.165) is 12.8 Å². The summed E-state index contributed by atoms with van der Waals surface area (Å²) in [6.45, 7) is 7.97. The molecule has 4 nitrogen and oxygen atoms in total. The fourth-order valence-corrected chi connectivity index (χ4v) is 3.55. The second kappa shape index (κ2) is 2.94. The maximum atomic E-state index is 10.3.